The van der Waals surface area contributed by atoms with E-state index >= 15 is 0 Å². The molecule has 23 heavy (non-hydrogen) atoms. The third-order valence-corrected chi connectivity index (χ3v) is 3.61. The normalized spacial score (nSPS) is 15.8. The molecule has 0 unspecified atom stereocenters. The van der Waals surface area contributed by atoms with E-state index in [9.17, 15) is 4.79 Å². The maximum atomic E-state index is 12.7. The average molecular weight is 337 g/mol. The van der Waals surface area contributed by atoms with Gasteiger partial charge in [0.1, 0.15) is 16.6 Å². The summed E-state index contributed by atoms with van der Waals surface area (Å²) >= 11 is 6.00. The quantitative estimate of drug-likeness (QED) is 0.839. The minimum atomic E-state index is -0.612. The van der Waals surface area contributed by atoms with Crippen molar-refractivity contribution >= 4 is 23.5 Å². The van der Waals surface area contributed by atoms with Gasteiger partial charge in [-0.05, 0) is 58.8 Å². The van der Waals surface area contributed by atoms with Gasteiger partial charge < -0.3 is 10.1 Å². The van der Waals surface area contributed by atoms with Gasteiger partial charge in [0.2, 0.25) is 0 Å². The number of halogens is 1. The lowest BCUT2D eigenvalue weighted by molar-refractivity contribution is 0.0558. The van der Waals surface area contributed by atoms with Gasteiger partial charge in [0, 0.05) is 6.04 Å². The third kappa shape index (κ3) is 4.81. The number of rotatable bonds is 2. The summed E-state index contributed by atoms with van der Waals surface area (Å²) in [6.45, 7) is 7.08. The molecule has 1 N–H and O–H groups in total. The minimum absolute atomic E-state index is 0.0383. The van der Waals surface area contributed by atoms with Gasteiger partial charge in [-0.3, -0.25) is 4.90 Å². The van der Waals surface area contributed by atoms with E-state index in [0.29, 0.717) is 11.4 Å². The molecule has 1 aliphatic rings. The van der Waals surface area contributed by atoms with Gasteiger partial charge in [0.25, 0.3) is 0 Å². The molecular weight excluding hydrogens is 316 g/mol. The molecule has 1 saturated heterocycles. The first kappa shape index (κ1) is 17.5. The highest BCUT2D eigenvalue weighted by molar-refractivity contribution is 6.29. The minimum Gasteiger partial charge on any atom is -0.443 e. The molecule has 124 valence electrons. The van der Waals surface area contributed by atoms with E-state index in [-0.39, 0.29) is 11.2 Å². The van der Waals surface area contributed by atoms with E-state index in [1.165, 1.54) is 11.0 Å². The van der Waals surface area contributed by atoms with Crippen LogP contribution in [0.4, 0.5) is 10.6 Å². The molecule has 0 radical (unpaired) electrons. The second-order valence-electron chi connectivity index (χ2n) is 6.48. The lowest BCUT2D eigenvalue weighted by atomic mass is 10.0. The van der Waals surface area contributed by atoms with Gasteiger partial charge in [-0.2, -0.15) is 5.26 Å². The monoisotopic (exact) mass is 336 g/mol. The number of hydrogen-bond donors (Lipinski definition) is 1. The van der Waals surface area contributed by atoms with Crippen molar-refractivity contribution in [2.24, 2.45) is 0 Å². The van der Waals surface area contributed by atoms with Crippen molar-refractivity contribution in [1.82, 2.24) is 10.3 Å². The SMILES string of the molecule is CC(C)(C)OC(=O)N(c1cc(C#N)cc(Cl)n1)C1CCNCC1. The molecule has 0 aliphatic carbocycles. The number of nitriles is 1. The van der Waals surface area contributed by atoms with E-state index in [4.69, 9.17) is 21.6 Å². The zero-order valence-corrected chi connectivity index (χ0v) is 14.4. The second-order valence-corrected chi connectivity index (χ2v) is 6.87. The second kappa shape index (κ2) is 7.16. The molecule has 1 aromatic heterocycles. The summed E-state index contributed by atoms with van der Waals surface area (Å²) in [7, 11) is 0. The van der Waals surface area contributed by atoms with Gasteiger partial charge in [-0.15, -0.1) is 0 Å². The number of carbonyl (C=O) groups is 1. The van der Waals surface area contributed by atoms with E-state index < -0.39 is 11.7 Å². The van der Waals surface area contributed by atoms with Crippen molar-refractivity contribution in [1.29, 1.82) is 5.26 Å². The van der Waals surface area contributed by atoms with E-state index in [1.54, 1.807) is 6.07 Å². The lowest BCUT2D eigenvalue weighted by Gasteiger charge is -2.35. The number of aromatic nitrogens is 1. The number of pyridine rings is 1. The summed E-state index contributed by atoms with van der Waals surface area (Å²) in [4.78, 5) is 18.4. The number of anilines is 1. The van der Waals surface area contributed by atoms with Crippen molar-refractivity contribution in [3.63, 3.8) is 0 Å². The Bertz CT molecular complexity index is 615. The zero-order chi connectivity index (χ0) is 17.0. The number of ether oxygens (including phenoxy) is 1. The molecular formula is C16H21ClN4O2. The van der Waals surface area contributed by atoms with Crippen LogP contribution in [0.2, 0.25) is 5.15 Å². The Kier molecular flexibility index (Phi) is 5.45. The van der Waals surface area contributed by atoms with Crippen LogP contribution in [0.3, 0.4) is 0 Å². The largest absolute Gasteiger partial charge is 0.443 e. The van der Waals surface area contributed by atoms with Gasteiger partial charge in [-0.25, -0.2) is 9.78 Å². The molecule has 2 rings (SSSR count). The Labute approximate surface area is 141 Å². The highest BCUT2D eigenvalue weighted by Crippen LogP contribution is 2.25. The highest BCUT2D eigenvalue weighted by Gasteiger charge is 2.32. The standard InChI is InChI=1S/C16H21ClN4O2/c1-16(2,3)23-15(22)21(12-4-6-19-7-5-12)14-9-11(10-18)8-13(17)20-14/h8-9,12,19H,4-7H2,1-3H3. The van der Waals surface area contributed by atoms with Gasteiger partial charge in [0.05, 0.1) is 11.6 Å². The molecule has 1 fully saturated rings. The molecule has 0 bridgehead atoms. The molecule has 0 saturated carbocycles. The van der Waals surface area contributed by atoms with Crippen LogP contribution in [0.25, 0.3) is 0 Å². The van der Waals surface area contributed by atoms with Crippen LogP contribution in [-0.2, 0) is 4.74 Å². The smallest absolute Gasteiger partial charge is 0.416 e. The lowest BCUT2D eigenvalue weighted by Crippen LogP contribution is -2.48. The van der Waals surface area contributed by atoms with Crippen LogP contribution in [-0.4, -0.2) is 35.8 Å². The Balaban J connectivity index is 2.38. The number of piperidine rings is 1. The van der Waals surface area contributed by atoms with Gasteiger partial charge in [-0.1, -0.05) is 11.6 Å². The predicted molar refractivity (Wildman–Crippen MR) is 88.6 cm³/mol. The molecule has 1 amide bonds. The fourth-order valence-electron chi connectivity index (χ4n) is 2.48. The van der Waals surface area contributed by atoms with Crippen LogP contribution >= 0.6 is 11.6 Å². The third-order valence-electron chi connectivity index (χ3n) is 3.42. The Morgan fingerprint density at radius 2 is 2.09 bits per heavy atom. The molecule has 1 aromatic rings. The number of carbonyl (C=O) groups excluding carboxylic acids is 1. The number of nitrogens with one attached hydrogen (secondary N) is 1. The summed E-state index contributed by atoms with van der Waals surface area (Å²) in [5, 5.41) is 12.6. The van der Waals surface area contributed by atoms with Crippen LogP contribution < -0.4 is 10.2 Å². The van der Waals surface area contributed by atoms with Crippen molar-refractivity contribution < 1.29 is 9.53 Å². The maximum absolute atomic E-state index is 12.7. The first-order chi connectivity index (χ1) is 10.8. The first-order valence-corrected chi connectivity index (χ1v) is 7.98. The Hall–Kier alpha value is -1.84. The van der Waals surface area contributed by atoms with Crippen molar-refractivity contribution in [3.8, 4) is 6.07 Å². The number of amides is 1. The summed E-state index contributed by atoms with van der Waals surface area (Å²) in [5.74, 6) is 0.357. The fourth-order valence-corrected chi connectivity index (χ4v) is 2.68. The molecule has 1 aliphatic heterocycles. The van der Waals surface area contributed by atoms with Crippen molar-refractivity contribution in [3.05, 3.63) is 22.8 Å². The molecule has 7 heteroatoms. The topological polar surface area (TPSA) is 78.2 Å². The van der Waals surface area contributed by atoms with Crippen molar-refractivity contribution in [2.75, 3.05) is 18.0 Å². The average Bonchev–Trinajstić information content (AvgIpc) is 2.46. The maximum Gasteiger partial charge on any atom is 0.416 e. The molecule has 0 aromatic carbocycles. The summed E-state index contributed by atoms with van der Waals surface area (Å²) < 4.78 is 5.52. The first-order valence-electron chi connectivity index (χ1n) is 7.61. The highest BCUT2D eigenvalue weighted by atomic mass is 35.5. The summed E-state index contributed by atoms with van der Waals surface area (Å²) in [6, 6.07) is 5.04. The van der Waals surface area contributed by atoms with E-state index in [1.807, 2.05) is 26.8 Å². The van der Waals surface area contributed by atoms with Crippen LogP contribution in [0, 0.1) is 11.3 Å². The zero-order valence-electron chi connectivity index (χ0n) is 13.6. The molecule has 6 nitrogen and oxygen atoms in total. The van der Waals surface area contributed by atoms with Crippen LogP contribution in [0.5, 0.6) is 0 Å². The van der Waals surface area contributed by atoms with E-state index in [2.05, 4.69) is 10.3 Å². The molecule has 2 heterocycles. The van der Waals surface area contributed by atoms with E-state index in [0.717, 1.165) is 25.9 Å². The molecule has 0 atom stereocenters. The summed E-state index contributed by atoms with van der Waals surface area (Å²) in [6.07, 6.45) is 1.10. The summed E-state index contributed by atoms with van der Waals surface area (Å²) in [5.41, 5.74) is -0.249. The molecule has 0 spiro atoms. The van der Waals surface area contributed by atoms with Gasteiger partial charge >= 0.3 is 6.09 Å². The fraction of sp³-hybridized carbons (Fsp3) is 0.562. The van der Waals surface area contributed by atoms with Crippen LogP contribution in [0.15, 0.2) is 12.1 Å². The van der Waals surface area contributed by atoms with Crippen LogP contribution in [0.1, 0.15) is 39.2 Å². The van der Waals surface area contributed by atoms with Crippen molar-refractivity contribution in [2.45, 2.75) is 45.3 Å². The Morgan fingerprint density at radius 3 is 2.65 bits per heavy atom. The predicted octanol–water partition coefficient (Wildman–Crippen LogP) is 3.10. The number of nitrogens with zero attached hydrogens (tertiary/aromatic N) is 3. The Morgan fingerprint density at radius 1 is 1.43 bits per heavy atom. The number of hydrogen-bond acceptors (Lipinski definition) is 5. The van der Waals surface area contributed by atoms with Gasteiger partial charge in [0.15, 0.2) is 0 Å².